The largest absolute Gasteiger partial charge is 0.371 e. The van der Waals surface area contributed by atoms with E-state index in [9.17, 15) is 4.79 Å². The van der Waals surface area contributed by atoms with Crippen LogP contribution in [0.5, 0.6) is 0 Å². The minimum absolute atomic E-state index is 0.0786. The lowest BCUT2D eigenvalue weighted by molar-refractivity contribution is -0.111. The normalized spacial score (nSPS) is 19.6. The topological polar surface area (TPSA) is 84.3 Å². The van der Waals surface area contributed by atoms with Crippen molar-refractivity contribution in [2.24, 2.45) is 0 Å². The molecule has 4 heterocycles. The lowest BCUT2D eigenvalue weighted by Crippen LogP contribution is -2.58. The molecule has 2 saturated heterocycles. The first kappa shape index (κ1) is 16.8. The van der Waals surface area contributed by atoms with Gasteiger partial charge in [-0.25, -0.2) is 15.0 Å². The maximum absolute atomic E-state index is 12.7. The molecular weight excluding hydrogens is 332 g/mol. The van der Waals surface area contributed by atoms with Gasteiger partial charge in [-0.05, 0) is 25.3 Å². The summed E-state index contributed by atoms with van der Waals surface area (Å²) in [6, 6.07) is 0. The molecule has 8 nitrogen and oxygen atoms in total. The van der Waals surface area contributed by atoms with Crippen molar-refractivity contribution in [1.82, 2.24) is 24.8 Å². The molecule has 8 heteroatoms. The molecule has 1 spiro atoms. The molecule has 0 bridgehead atoms. The Morgan fingerprint density at radius 1 is 1.08 bits per heavy atom. The van der Waals surface area contributed by atoms with E-state index >= 15 is 0 Å². The van der Waals surface area contributed by atoms with E-state index in [1.54, 1.807) is 12.4 Å². The van der Waals surface area contributed by atoms with Gasteiger partial charge in [0.2, 0.25) is 5.95 Å². The second-order valence-electron chi connectivity index (χ2n) is 6.90. The van der Waals surface area contributed by atoms with Crippen LogP contribution in [0.15, 0.2) is 31.0 Å². The van der Waals surface area contributed by atoms with Crippen molar-refractivity contribution in [3.05, 3.63) is 42.2 Å². The Morgan fingerprint density at radius 3 is 2.54 bits per heavy atom. The Balaban J connectivity index is 1.42. The van der Waals surface area contributed by atoms with E-state index in [0.717, 1.165) is 37.4 Å². The lowest BCUT2D eigenvalue weighted by atomic mass is 9.89. The summed E-state index contributed by atoms with van der Waals surface area (Å²) in [4.78, 5) is 33.6. The number of ether oxygens (including phenoxy) is 1. The maximum atomic E-state index is 12.7. The Kier molecular flexibility index (Phi) is 4.50. The van der Waals surface area contributed by atoms with Crippen LogP contribution >= 0.6 is 0 Å². The molecule has 0 unspecified atom stereocenters. The Bertz CT molecular complexity index is 759. The first-order valence-corrected chi connectivity index (χ1v) is 8.88. The van der Waals surface area contributed by atoms with Crippen LogP contribution in [-0.2, 0) is 4.74 Å². The first-order valence-electron chi connectivity index (χ1n) is 8.88. The van der Waals surface area contributed by atoms with Crippen molar-refractivity contribution < 1.29 is 9.53 Å². The van der Waals surface area contributed by atoms with Crippen molar-refractivity contribution in [3.8, 4) is 0 Å². The number of piperidine rings is 1. The SMILES string of the molecule is Cc1cnc(N2CCC3(CC2)CN(C(=O)c2cnccn2)CCO3)nc1. The van der Waals surface area contributed by atoms with Gasteiger partial charge in [-0.15, -0.1) is 0 Å². The Morgan fingerprint density at radius 2 is 1.85 bits per heavy atom. The average molecular weight is 354 g/mol. The van der Waals surface area contributed by atoms with Gasteiger partial charge in [-0.3, -0.25) is 9.78 Å². The Hall–Kier alpha value is -2.61. The molecule has 2 aromatic rings. The molecule has 0 atom stereocenters. The van der Waals surface area contributed by atoms with Crippen LogP contribution in [-0.4, -0.2) is 69.1 Å². The predicted molar refractivity (Wildman–Crippen MR) is 94.8 cm³/mol. The van der Waals surface area contributed by atoms with Crippen LogP contribution in [0, 0.1) is 6.92 Å². The molecule has 0 radical (unpaired) electrons. The molecule has 2 aliphatic rings. The van der Waals surface area contributed by atoms with Gasteiger partial charge in [0.15, 0.2) is 0 Å². The molecule has 26 heavy (non-hydrogen) atoms. The van der Waals surface area contributed by atoms with Gasteiger partial charge in [0.05, 0.1) is 24.9 Å². The number of aryl methyl sites for hydroxylation is 1. The van der Waals surface area contributed by atoms with Gasteiger partial charge < -0.3 is 14.5 Å². The van der Waals surface area contributed by atoms with E-state index < -0.39 is 0 Å². The molecule has 2 aromatic heterocycles. The number of hydrogen-bond acceptors (Lipinski definition) is 7. The van der Waals surface area contributed by atoms with Gasteiger partial charge >= 0.3 is 0 Å². The van der Waals surface area contributed by atoms with E-state index in [0.29, 0.717) is 25.4 Å². The smallest absolute Gasteiger partial charge is 0.274 e. The standard InChI is InChI=1S/C18H22N6O2/c1-14-10-21-17(22-11-14)23-6-2-18(3-7-23)13-24(8-9-26-18)16(25)15-12-19-4-5-20-15/h4-5,10-12H,2-3,6-9,13H2,1H3. The molecule has 136 valence electrons. The van der Waals surface area contributed by atoms with Gasteiger partial charge in [-0.1, -0.05) is 0 Å². The highest BCUT2D eigenvalue weighted by Crippen LogP contribution is 2.31. The third-order valence-corrected chi connectivity index (χ3v) is 5.04. The van der Waals surface area contributed by atoms with Gasteiger partial charge in [0.1, 0.15) is 5.69 Å². The van der Waals surface area contributed by atoms with Gasteiger partial charge in [0, 0.05) is 44.4 Å². The number of aromatic nitrogens is 4. The lowest BCUT2D eigenvalue weighted by Gasteiger charge is -2.47. The summed E-state index contributed by atoms with van der Waals surface area (Å²) >= 11 is 0. The number of rotatable bonds is 2. The van der Waals surface area contributed by atoms with E-state index in [-0.39, 0.29) is 11.5 Å². The zero-order valence-electron chi connectivity index (χ0n) is 14.8. The second-order valence-corrected chi connectivity index (χ2v) is 6.90. The molecule has 1 amide bonds. The molecular formula is C18H22N6O2. The van der Waals surface area contributed by atoms with Gasteiger partial charge in [-0.2, -0.15) is 0 Å². The van der Waals surface area contributed by atoms with Crippen molar-refractivity contribution in [2.45, 2.75) is 25.4 Å². The zero-order valence-corrected chi connectivity index (χ0v) is 14.8. The number of hydrogen-bond donors (Lipinski definition) is 0. The maximum Gasteiger partial charge on any atom is 0.274 e. The van der Waals surface area contributed by atoms with Crippen LogP contribution in [0.1, 0.15) is 28.9 Å². The van der Waals surface area contributed by atoms with Crippen LogP contribution in [0.4, 0.5) is 5.95 Å². The summed E-state index contributed by atoms with van der Waals surface area (Å²) in [6.45, 7) is 5.33. The number of anilines is 1. The fraction of sp³-hybridized carbons (Fsp3) is 0.500. The third-order valence-electron chi connectivity index (χ3n) is 5.04. The van der Waals surface area contributed by atoms with Crippen molar-refractivity contribution >= 4 is 11.9 Å². The summed E-state index contributed by atoms with van der Waals surface area (Å²) in [5, 5.41) is 0. The number of morpholine rings is 1. The minimum Gasteiger partial charge on any atom is -0.371 e. The number of nitrogens with zero attached hydrogens (tertiary/aromatic N) is 6. The number of carbonyl (C=O) groups excluding carboxylic acids is 1. The summed E-state index contributed by atoms with van der Waals surface area (Å²) in [5.74, 6) is 0.679. The van der Waals surface area contributed by atoms with E-state index in [1.807, 2.05) is 24.2 Å². The molecule has 0 aromatic carbocycles. The highest BCUT2D eigenvalue weighted by atomic mass is 16.5. The molecule has 2 aliphatic heterocycles. The Labute approximate surface area is 152 Å². The summed E-state index contributed by atoms with van der Waals surface area (Å²) in [5.41, 5.74) is 1.14. The van der Waals surface area contributed by atoms with Crippen LogP contribution < -0.4 is 4.90 Å². The van der Waals surface area contributed by atoms with E-state index in [2.05, 4.69) is 24.8 Å². The van der Waals surface area contributed by atoms with E-state index in [1.165, 1.54) is 6.20 Å². The quantitative estimate of drug-likeness (QED) is 0.798. The highest BCUT2D eigenvalue weighted by molar-refractivity contribution is 5.92. The monoisotopic (exact) mass is 354 g/mol. The average Bonchev–Trinajstić information content (AvgIpc) is 2.70. The molecule has 0 aliphatic carbocycles. The number of carbonyl (C=O) groups is 1. The van der Waals surface area contributed by atoms with Crippen LogP contribution in [0.3, 0.4) is 0 Å². The van der Waals surface area contributed by atoms with E-state index in [4.69, 9.17) is 4.74 Å². The van der Waals surface area contributed by atoms with Gasteiger partial charge in [0.25, 0.3) is 5.91 Å². The molecule has 2 fully saturated rings. The molecule has 0 saturated carbocycles. The van der Waals surface area contributed by atoms with Crippen LogP contribution in [0.25, 0.3) is 0 Å². The first-order chi connectivity index (χ1) is 12.7. The minimum atomic E-state index is -0.294. The zero-order chi connectivity index (χ0) is 18.0. The van der Waals surface area contributed by atoms with Crippen molar-refractivity contribution in [3.63, 3.8) is 0 Å². The summed E-state index contributed by atoms with van der Waals surface area (Å²) < 4.78 is 6.13. The van der Waals surface area contributed by atoms with Crippen LogP contribution in [0.2, 0.25) is 0 Å². The van der Waals surface area contributed by atoms with Crippen molar-refractivity contribution in [2.75, 3.05) is 37.7 Å². The fourth-order valence-electron chi connectivity index (χ4n) is 3.56. The third kappa shape index (κ3) is 3.37. The molecule has 4 rings (SSSR count). The predicted octanol–water partition coefficient (Wildman–Crippen LogP) is 1.09. The summed E-state index contributed by atoms with van der Waals surface area (Å²) in [6.07, 6.45) is 9.99. The van der Waals surface area contributed by atoms with Crippen molar-refractivity contribution in [1.29, 1.82) is 0 Å². The second kappa shape index (κ2) is 6.95. The molecule has 0 N–H and O–H groups in total. The fourth-order valence-corrected chi connectivity index (χ4v) is 3.56. The number of amides is 1. The summed E-state index contributed by atoms with van der Waals surface area (Å²) in [7, 11) is 0. The highest BCUT2D eigenvalue weighted by Gasteiger charge is 2.41.